The van der Waals surface area contributed by atoms with Crippen LogP contribution in [-0.2, 0) is 9.59 Å². The van der Waals surface area contributed by atoms with Gasteiger partial charge in [0.25, 0.3) is 0 Å². The lowest BCUT2D eigenvalue weighted by Gasteiger charge is -2.18. The number of hydrogen-bond donors (Lipinski definition) is 2. The molecule has 0 aromatic heterocycles. The Labute approximate surface area is 163 Å². The maximum Gasteiger partial charge on any atom is 0.233 e. The number of fused-ring (bicyclic) bond motifs is 5. The summed E-state index contributed by atoms with van der Waals surface area (Å²) >= 11 is 5.70. The molecule has 2 N–H and O–H groups in total. The van der Waals surface area contributed by atoms with Crippen LogP contribution in [0.15, 0.2) is 28.8 Å². The first-order chi connectivity index (χ1) is 11.0. The van der Waals surface area contributed by atoms with Crippen molar-refractivity contribution in [2.45, 2.75) is 6.42 Å². The lowest BCUT2D eigenvalue weighted by atomic mass is 9.85. The molecular formula is C16H22ClIN4O2. The third-order valence-corrected chi connectivity index (χ3v) is 4.99. The molecule has 24 heavy (non-hydrogen) atoms. The first-order valence-electron chi connectivity index (χ1n) is 7.84. The summed E-state index contributed by atoms with van der Waals surface area (Å²) in [4.78, 5) is 30.5. The molecular weight excluding hydrogens is 443 g/mol. The fourth-order valence-electron chi connectivity index (χ4n) is 3.87. The van der Waals surface area contributed by atoms with E-state index in [1.54, 1.807) is 7.05 Å². The van der Waals surface area contributed by atoms with Crippen LogP contribution in [0, 0.1) is 23.7 Å². The van der Waals surface area contributed by atoms with Crippen molar-refractivity contribution in [1.29, 1.82) is 0 Å². The molecule has 6 nitrogen and oxygen atoms in total. The summed E-state index contributed by atoms with van der Waals surface area (Å²) in [5.41, 5.74) is 0. The van der Waals surface area contributed by atoms with Crippen LogP contribution in [-0.4, -0.2) is 49.4 Å². The lowest BCUT2D eigenvalue weighted by molar-refractivity contribution is -0.140. The van der Waals surface area contributed by atoms with Gasteiger partial charge in [0, 0.05) is 25.2 Å². The molecule has 0 aromatic rings. The number of rotatable bonds is 5. The number of nitrogens with one attached hydrogen (secondary N) is 2. The molecule has 1 saturated heterocycles. The van der Waals surface area contributed by atoms with Gasteiger partial charge in [-0.1, -0.05) is 30.3 Å². The zero-order valence-corrected chi connectivity index (χ0v) is 16.6. The fraction of sp³-hybridized carbons (Fsp3) is 0.562. The van der Waals surface area contributed by atoms with E-state index in [4.69, 9.17) is 11.6 Å². The molecule has 1 heterocycles. The number of amides is 2. The number of imide groups is 1. The zero-order valence-electron chi connectivity index (χ0n) is 13.5. The Morgan fingerprint density at radius 2 is 1.88 bits per heavy atom. The lowest BCUT2D eigenvalue weighted by Crippen LogP contribution is -2.43. The number of halogens is 2. The summed E-state index contributed by atoms with van der Waals surface area (Å²) in [5, 5.41) is 6.54. The second-order valence-electron chi connectivity index (χ2n) is 6.20. The number of allylic oxidation sites excluding steroid dienone is 2. The van der Waals surface area contributed by atoms with Crippen molar-refractivity contribution in [1.82, 2.24) is 15.5 Å². The number of guanidine groups is 1. The number of carbonyl (C=O) groups excluding carboxylic acids is 2. The molecule has 3 aliphatic rings. The van der Waals surface area contributed by atoms with Crippen LogP contribution in [0.2, 0.25) is 0 Å². The molecule has 2 amide bonds. The molecule has 1 saturated carbocycles. The molecule has 2 aliphatic carbocycles. The van der Waals surface area contributed by atoms with Crippen molar-refractivity contribution in [3.05, 3.63) is 23.8 Å². The van der Waals surface area contributed by atoms with Crippen molar-refractivity contribution in [2.75, 3.05) is 26.7 Å². The van der Waals surface area contributed by atoms with Gasteiger partial charge in [-0.3, -0.25) is 19.5 Å². The summed E-state index contributed by atoms with van der Waals surface area (Å²) in [6.45, 7) is 4.80. The first kappa shape index (κ1) is 19.2. The van der Waals surface area contributed by atoms with Crippen LogP contribution >= 0.6 is 35.6 Å². The minimum Gasteiger partial charge on any atom is -0.355 e. The van der Waals surface area contributed by atoms with Crippen molar-refractivity contribution in [3.63, 3.8) is 0 Å². The van der Waals surface area contributed by atoms with E-state index in [9.17, 15) is 9.59 Å². The van der Waals surface area contributed by atoms with Crippen molar-refractivity contribution < 1.29 is 9.59 Å². The first-order valence-corrected chi connectivity index (χ1v) is 8.22. The van der Waals surface area contributed by atoms with E-state index in [1.165, 1.54) is 4.90 Å². The third kappa shape index (κ3) is 3.46. The van der Waals surface area contributed by atoms with Gasteiger partial charge in [0.05, 0.1) is 18.4 Å². The number of nitrogens with zero attached hydrogens (tertiary/aromatic N) is 2. The monoisotopic (exact) mass is 464 g/mol. The molecule has 1 aliphatic heterocycles. The molecule has 2 fully saturated rings. The van der Waals surface area contributed by atoms with Gasteiger partial charge in [0.1, 0.15) is 0 Å². The van der Waals surface area contributed by atoms with Crippen LogP contribution in [0.4, 0.5) is 0 Å². The second-order valence-corrected chi connectivity index (χ2v) is 6.73. The molecule has 4 atom stereocenters. The van der Waals surface area contributed by atoms with E-state index in [-0.39, 0.29) is 59.5 Å². The topological polar surface area (TPSA) is 73.8 Å². The Kier molecular flexibility index (Phi) is 6.30. The van der Waals surface area contributed by atoms with Gasteiger partial charge in [-0.15, -0.1) is 24.0 Å². The molecule has 8 heteroatoms. The van der Waals surface area contributed by atoms with Gasteiger partial charge in [-0.05, 0) is 18.3 Å². The van der Waals surface area contributed by atoms with Crippen LogP contribution in [0.1, 0.15) is 6.42 Å². The van der Waals surface area contributed by atoms with Crippen LogP contribution in [0.5, 0.6) is 0 Å². The van der Waals surface area contributed by atoms with Gasteiger partial charge in [-0.2, -0.15) is 0 Å². The quantitative estimate of drug-likeness (QED) is 0.212. The summed E-state index contributed by atoms with van der Waals surface area (Å²) < 4.78 is 0. The van der Waals surface area contributed by atoms with Gasteiger partial charge < -0.3 is 10.6 Å². The summed E-state index contributed by atoms with van der Waals surface area (Å²) in [6.07, 6.45) is 5.16. The van der Waals surface area contributed by atoms with Gasteiger partial charge in [0.2, 0.25) is 11.8 Å². The van der Waals surface area contributed by atoms with E-state index in [0.29, 0.717) is 30.6 Å². The molecule has 0 spiro atoms. The third-order valence-electron chi connectivity index (χ3n) is 4.86. The van der Waals surface area contributed by atoms with E-state index >= 15 is 0 Å². The summed E-state index contributed by atoms with van der Waals surface area (Å²) in [7, 11) is 1.65. The molecule has 3 rings (SSSR count). The molecule has 4 unspecified atom stereocenters. The molecule has 2 bridgehead atoms. The van der Waals surface area contributed by atoms with Gasteiger partial charge in [-0.25, -0.2) is 0 Å². The van der Waals surface area contributed by atoms with E-state index < -0.39 is 0 Å². The zero-order chi connectivity index (χ0) is 16.6. The number of likely N-dealkylation sites (tertiary alicyclic amines) is 1. The predicted octanol–water partition coefficient (Wildman–Crippen LogP) is 1.33. The highest BCUT2D eigenvalue weighted by Gasteiger charge is 2.58. The minimum absolute atomic E-state index is 0. The van der Waals surface area contributed by atoms with Gasteiger partial charge in [0.15, 0.2) is 5.96 Å². The van der Waals surface area contributed by atoms with Crippen molar-refractivity contribution in [3.8, 4) is 0 Å². The Hall–Kier alpha value is -1.09. The maximum atomic E-state index is 12.5. The summed E-state index contributed by atoms with van der Waals surface area (Å²) in [5.74, 6) is 0.774. The highest BCUT2D eigenvalue weighted by atomic mass is 127. The van der Waals surface area contributed by atoms with Crippen LogP contribution in [0.3, 0.4) is 0 Å². The number of carbonyl (C=O) groups is 2. The molecule has 0 radical (unpaired) electrons. The van der Waals surface area contributed by atoms with Crippen LogP contribution < -0.4 is 10.6 Å². The van der Waals surface area contributed by atoms with Crippen molar-refractivity contribution >= 4 is 53.4 Å². The van der Waals surface area contributed by atoms with Crippen LogP contribution in [0.25, 0.3) is 0 Å². The minimum atomic E-state index is -0.130. The number of hydrogen-bond acceptors (Lipinski definition) is 3. The highest BCUT2D eigenvalue weighted by Crippen LogP contribution is 2.52. The average Bonchev–Trinajstić information content (AvgIpc) is 3.19. The maximum absolute atomic E-state index is 12.5. The Balaban J connectivity index is 0.00000208. The smallest absolute Gasteiger partial charge is 0.233 e. The Bertz CT molecular complexity index is 577. The van der Waals surface area contributed by atoms with Crippen molar-refractivity contribution in [2.24, 2.45) is 28.7 Å². The predicted molar refractivity (Wildman–Crippen MR) is 104 cm³/mol. The Morgan fingerprint density at radius 1 is 1.29 bits per heavy atom. The standard InChI is InChI=1S/C16H21ClN4O2.HI/c1-9(17)8-20-16(18-2)19-5-6-21-14(22)12-10-3-4-11(7-10)13(12)15(21)23;/h3-4,10-13H,1,5-8H2,2H3,(H2,18,19,20);1H. The highest BCUT2D eigenvalue weighted by molar-refractivity contribution is 14.0. The van der Waals surface area contributed by atoms with E-state index in [2.05, 4.69) is 34.4 Å². The normalized spacial score (nSPS) is 30.4. The van der Waals surface area contributed by atoms with E-state index in [1.807, 2.05) is 0 Å². The largest absolute Gasteiger partial charge is 0.355 e. The molecule has 132 valence electrons. The van der Waals surface area contributed by atoms with Gasteiger partial charge >= 0.3 is 0 Å². The second kappa shape index (κ2) is 7.86. The average molecular weight is 465 g/mol. The summed E-state index contributed by atoms with van der Waals surface area (Å²) in [6, 6.07) is 0. The Morgan fingerprint density at radius 3 is 2.38 bits per heavy atom. The SMILES string of the molecule is C=C(Cl)CNC(=NC)NCCN1C(=O)C2C3C=CC(C3)C2C1=O.I. The fourth-order valence-corrected chi connectivity index (χ4v) is 3.94. The van der Waals surface area contributed by atoms with E-state index in [0.717, 1.165) is 6.42 Å². The molecule has 0 aromatic carbocycles. The number of aliphatic imine (C=N–C) groups is 1.